The van der Waals surface area contributed by atoms with Crippen LogP contribution in [-0.4, -0.2) is 51.7 Å². The number of nitrogens with one attached hydrogen (secondary N) is 2. The van der Waals surface area contributed by atoms with Crippen LogP contribution in [0.2, 0.25) is 0 Å². The SMILES string of the molecule is CSc1ncc(CNC(=O)C[C@H]2C(=O)NCCN2Cc2ccccc2C)n1C. The number of thioether (sulfide) groups is 1. The molecule has 1 aromatic heterocycles. The molecule has 0 saturated carbocycles. The number of benzene rings is 1. The van der Waals surface area contributed by atoms with E-state index >= 15 is 0 Å². The number of aryl methyl sites for hydroxylation is 1. The number of piperazine rings is 1. The molecule has 28 heavy (non-hydrogen) atoms. The van der Waals surface area contributed by atoms with Gasteiger partial charge >= 0.3 is 0 Å². The number of amides is 2. The first-order valence-electron chi connectivity index (χ1n) is 9.37. The number of carbonyl (C=O) groups is 2. The molecule has 0 spiro atoms. The van der Waals surface area contributed by atoms with Crippen LogP contribution in [0.15, 0.2) is 35.6 Å². The largest absolute Gasteiger partial charge is 0.353 e. The zero-order chi connectivity index (χ0) is 20.1. The Morgan fingerprint density at radius 1 is 1.39 bits per heavy atom. The van der Waals surface area contributed by atoms with E-state index in [0.29, 0.717) is 19.6 Å². The van der Waals surface area contributed by atoms with Crippen molar-refractivity contribution < 1.29 is 9.59 Å². The molecule has 1 fully saturated rings. The van der Waals surface area contributed by atoms with Crippen molar-refractivity contribution in [3.63, 3.8) is 0 Å². The molecule has 7 nitrogen and oxygen atoms in total. The van der Waals surface area contributed by atoms with Crippen molar-refractivity contribution in [3.05, 3.63) is 47.3 Å². The van der Waals surface area contributed by atoms with Gasteiger partial charge in [-0.2, -0.15) is 0 Å². The fraction of sp³-hybridized carbons (Fsp3) is 0.450. The van der Waals surface area contributed by atoms with Gasteiger partial charge in [-0.05, 0) is 24.3 Å². The first-order valence-corrected chi connectivity index (χ1v) is 10.6. The number of imidazole rings is 1. The van der Waals surface area contributed by atoms with Gasteiger partial charge in [0, 0.05) is 26.7 Å². The molecule has 1 aromatic carbocycles. The summed E-state index contributed by atoms with van der Waals surface area (Å²) in [7, 11) is 1.93. The lowest BCUT2D eigenvalue weighted by molar-refractivity contribution is -0.134. The molecule has 2 heterocycles. The van der Waals surface area contributed by atoms with Crippen LogP contribution in [0.4, 0.5) is 0 Å². The van der Waals surface area contributed by atoms with Crippen LogP contribution in [0.3, 0.4) is 0 Å². The second kappa shape index (κ2) is 9.25. The summed E-state index contributed by atoms with van der Waals surface area (Å²) < 4.78 is 1.96. The molecule has 2 aromatic rings. The van der Waals surface area contributed by atoms with Gasteiger partial charge in [0.25, 0.3) is 0 Å². The van der Waals surface area contributed by atoms with Crippen LogP contribution in [-0.2, 0) is 29.7 Å². The van der Waals surface area contributed by atoms with Crippen molar-refractivity contribution in [2.75, 3.05) is 19.3 Å². The Kier molecular flexibility index (Phi) is 6.74. The van der Waals surface area contributed by atoms with Crippen molar-refractivity contribution in [2.24, 2.45) is 7.05 Å². The third-order valence-corrected chi connectivity index (χ3v) is 5.89. The van der Waals surface area contributed by atoms with Crippen molar-refractivity contribution in [1.82, 2.24) is 25.1 Å². The van der Waals surface area contributed by atoms with Crippen LogP contribution in [0, 0.1) is 6.92 Å². The fourth-order valence-corrected chi connectivity index (χ4v) is 3.95. The topological polar surface area (TPSA) is 79.3 Å². The standard InChI is InChI=1S/C20H27N5O2S/c1-14-6-4-5-7-15(14)13-25-9-8-21-19(27)17(25)10-18(26)22-11-16-12-23-20(28-3)24(16)2/h4-7,12,17H,8-11,13H2,1-3H3,(H,21,27)(H,22,26)/t17-/m0/s1. The molecule has 0 aliphatic carbocycles. The summed E-state index contributed by atoms with van der Waals surface area (Å²) in [5, 5.41) is 6.71. The van der Waals surface area contributed by atoms with Crippen LogP contribution >= 0.6 is 11.8 Å². The van der Waals surface area contributed by atoms with Gasteiger partial charge in [0.15, 0.2) is 5.16 Å². The Morgan fingerprint density at radius 3 is 2.89 bits per heavy atom. The van der Waals surface area contributed by atoms with Gasteiger partial charge in [-0.15, -0.1) is 0 Å². The summed E-state index contributed by atoms with van der Waals surface area (Å²) in [6.45, 7) is 4.47. The predicted molar refractivity (Wildman–Crippen MR) is 110 cm³/mol. The minimum absolute atomic E-state index is 0.0832. The summed E-state index contributed by atoms with van der Waals surface area (Å²) in [4.78, 5) is 31.4. The number of hydrogen-bond acceptors (Lipinski definition) is 5. The van der Waals surface area contributed by atoms with Crippen LogP contribution < -0.4 is 10.6 Å². The summed E-state index contributed by atoms with van der Waals surface area (Å²) in [6.07, 6.45) is 3.88. The van der Waals surface area contributed by atoms with E-state index in [4.69, 9.17) is 0 Å². The molecule has 0 unspecified atom stereocenters. The Morgan fingerprint density at radius 2 is 2.18 bits per heavy atom. The van der Waals surface area contributed by atoms with E-state index in [0.717, 1.165) is 17.4 Å². The lowest BCUT2D eigenvalue weighted by atomic mass is 10.0. The molecular weight excluding hydrogens is 374 g/mol. The molecule has 1 saturated heterocycles. The van der Waals surface area contributed by atoms with E-state index in [9.17, 15) is 9.59 Å². The Labute approximate surface area is 169 Å². The zero-order valence-electron chi connectivity index (χ0n) is 16.6. The molecule has 0 bridgehead atoms. The summed E-state index contributed by atoms with van der Waals surface area (Å²) in [5.41, 5.74) is 3.31. The zero-order valence-corrected chi connectivity index (χ0v) is 17.4. The van der Waals surface area contributed by atoms with E-state index in [1.54, 1.807) is 18.0 Å². The maximum absolute atomic E-state index is 12.5. The van der Waals surface area contributed by atoms with E-state index in [2.05, 4.69) is 39.6 Å². The second-order valence-corrected chi connectivity index (χ2v) is 7.75. The van der Waals surface area contributed by atoms with Crippen molar-refractivity contribution in [1.29, 1.82) is 0 Å². The van der Waals surface area contributed by atoms with Crippen molar-refractivity contribution in [2.45, 2.75) is 37.6 Å². The van der Waals surface area contributed by atoms with Crippen molar-refractivity contribution >= 4 is 23.6 Å². The van der Waals surface area contributed by atoms with Crippen LogP contribution in [0.5, 0.6) is 0 Å². The number of rotatable bonds is 7. The third-order valence-electron chi connectivity index (χ3n) is 5.15. The first kappa shape index (κ1) is 20.4. The molecule has 150 valence electrons. The third kappa shape index (κ3) is 4.74. The predicted octanol–water partition coefficient (Wildman–Crippen LogP) is 1.46. The monoisotopic (exact) mass is 401 g/mol. The van der Waals surface area contributed by atoms with Gasteiger partial charge in [-0.3, -0.25) is 14.5 Å². The summed E-state index contributed by atoms with van der Waals surface area (Å²) >= 11 is 1.56. The molecular formula is C20H27N5O2S. The molecule has 1 aliphatic heterocycles. The normalized spacial score (nSPS) is 17.4. The Balaban J connectivity index is 1.62. The first-order chi connectivity index (χ1) is 13.5. The van der Waals surface area contributed by atoms with E-state index in [-0.39, 0.29) is 18.2 Å². The van der Waals surface area contributed by atoms with Gasteiger partial charge in [0.05, 0.1) is 30.9 Å². The minimum Gasteiger partial charge on any atom is -0.353 e. The van der Waals surface area contributed by atoms with E-state index in [1.165, 1.54) is 11.1 Å². The smallest absolute Gasteiger partial charge is 0.237 e. The lowest BCUT2D eigenvalue weighted by Gasteiger charge is -2.35. The average Bonchev–Trinajstić information content (AvgIpc) is 3.04. The number of aromatic nitrogens is 2. The lowest BCUT2D eigenvalue weighted by Crippen LogP contribution is -2.56. The molecule has 1 aliphatic rings. The van der Waals surface area contributed by atoms with E-state index in [1.807, 2.05) is 30.0 Å². The van der Waals surface area contributed by atoms with Gasteiger partial charge in [0.2, 0.25) is 11.8 Å². The Hall–Kier alpha value is -2.32. The molecule has 2 amide bonds. The van der Waals surface area contributed by atoms with Crippen LogP contribution in [0.25, 0.3) is 0 Å². The highest BCUT2D eigenvalue weighted by Crippen LogP contribution is 2.17. The average molecular weight is 402 g/mol. The van der Waals surface area contributed by atoms with Gasteiger partial charge < -0.3 is 15.2 Å². The maximum atomic E-state index is 12.5. The quantitative estimate of drug-likeness (QED) is 0.687. The highest BCUT2D eigenvalue weighted by atomic mass is 32.2. The molecule has 8 heteroatoms. The van der Waals surface area contributed by atoms with Gasteiger partial charge in [-0.25, -0.2) is 4.98 Å². The van der Waals surface area contributed by atoms with Crippen LogP contribution in [0.1, 0.15) is 23.2 Å². The highest BCUT2D eigenvalue weighted by Gasteiger charge is 2.31. The number of nitrogens with zero attached hydrogens (tertiary/aromatic N) is 3. The number of hydrogen-bond donors (Lipinski definition) is 2. The highest BCUT2D eigenvalue weighted by molar-refractivity contribution is 7.98. The fourth-order valence-electron chi connectivity index (χ4n) is 3.40. The number of carbonyl (C=O) groups excluding carboxylic acids is 2. The Bertz CT molecular complexity index is 851. The summed E-state index contributed by atoms with van der Waals surface area (Å²) in [5.74, 6) is -0.219. The molecule has 2 N–H and O–H groups in total. The van der Waals surface area contributed by atoms with Gasteiger partial charge in [-0.1, -0.05) is 36.0 Å². The summed E-state index contributed by atoms with van der Waals surface area (Å²) in [6, 6.07) is 7.70. The molecule has 3 rings (SSSR count). The van der Waals surface area contributed by atoms with Gasteiger partial charge in [0.1, 0.15) is 0 Å². The van der Waals surface area contributed by atoms with E-state index < -0.39 is 6.04 Å². The molecule has 1 atom stereocenters. The maximum Gasteiger partial charge on any atom is 0.237 e. The molecule has 0 radical (unpaired) electrons. The minimum atomic E-state index is -0.457. The second-order valence-electron chi connectivity index (χ2n) is 6.98. The van der Waals surface area contributed by atoms with Crippen molar-refractivity contribution in [3.8, 4) is 0 Å².